The highest BCUT2D eigenvalue weighted by molar-refractivity contribution is 5.82. The summed E-state index contributed by atoms with van der Waals surface area (Å²) >= 11 is 0. The number of hydrogen-bond donors (Lipinski definition) is 1. The Morgan fingerprint density at radius 3 is 2.81 bits per heavy atom. The first-order valence-corrected chi connectivity index (χ1v) is 8.23. The third kappa shape index (κ3) is 3.65. The summed E-state index contributed by atoms with van der Waals surface area (Å²) in [5, 5.41) is 3.42. The quantitative estimate of drug-likeness (QED) is 0.923. The lowest BCUT2D eigenvalue weighted by Crippen LogP contribution is -2.50. The van der Waals surface area contributed by atoms with Crippen LogP contribution in [-0.2, 0) is 11.3 Å². The first kappa shape index (κ1) is 14.6. The van der Waals surface area contributed by atoms with E-state index in [9.17, 15) is 4.79 Å². The van der Waals surface area contributed by atoms with Crippen LogP contribution in [0.15, 0.2) is 24.3 Å². The molecule has 1 heterocycles. The van der Waals surface area contributed by atoms with Crippen LogP contribution in [0.5, 0.6) is 0 Å². The van der Waals surface area contributed by atoms with E-state index >= 15 is 0 Å². The zero-order valence-electron chi connectivity index (χ0n) is 13.1. The molecule has 1 aliphatic carbocycles. The molecule has 3 heteroatoms. The van der Waals surface area contributed by atoms with Crippen LogP contribution in [0.4, 0.5) is 0 Å². The Bertz CT molecular complexity index is 510. The highest BCUT2D eigenvalue weighted by Gasteiger charge is 2.36. The van der Waals surface area contributed by atoms with Crippen molar-refractivity contribution in [1.29, 1.82) is 0 Å². The van der Waals surface area contributed by atoms with Crippen LogP contribution in [0.25, 0.3) is 0 Å². The topological polar surface area (TPSA) is 32.3 Å². The summed E-state index contributed by atoms with van der Waals surface area (Å²) in [5.74, 6) is 0.964. The fourth-order valence-corrected chi connectivity index (χ4v) is 3.28. The molecule has 2 aliphatic rings. The van der Waals surface area contributed by atoms with Gasteiger partial charge in [-0.05, 0) is 50.6 Å². The van der Waals surface area contributed by atoms with Gasteiger partial charge >= 0.3 is 0 Å². The number of carbonyl (C=O) groups is 1. The van der Waals surface area contributed by atoms with E-state index in [4.69, 9.17) is 0 Å². The van der Waals surface area contributed by atoms with E-state index in [1.807, 2.05) is 0 Å². The zero-order chi connectivity index (χ0) is 14.8. The standard InChI is InChI=1S/C18H26N2O/c1-13-4-3-5-15(10-13)12-20(16-6-7-16)18(21)17-11-14(2)8-9-19-17/h3-5,10,14,16-17,19H,6-9,11-12H2,1-2H3. The largest absolute Gasteiger partial charge is 0.334 e. The molecule has 21 heavy (non-hydrogen) atoms. The van der Waals surface area contributed by atoms with Crippen LogP contribution in [0.2, 0.25) is 0 Å². The maximum absolute atomic E-state index is 12.9. The Balaban J connectivity index is 1.70. The van der Waals surface area contributed by atoms with Crippen molar-refractivity contribution in [3.05, 3.63) is 35.4 Å². The molecule has 1 aromatic rings. The smallest absolute Gasteiger partial charge is 0.240 e. The van der Waals surface area contributed by atoms with Gasteiger partial charge in [0.25, 0.3) is 0 Å². The maximum Gasteiger partial charge on any atom is 0.240 e. The van der Waals surface area contributed by atoms with Crippen LogP contribution in [0, 0.1) is 12.8 Å². The summed E-state index contributed by atoms with van der Waals surface area (Å²) in [7, 11) is 0. The third-order valence-electron chi connectivity index (χ3n) is 4.67. The van der Waals surface area contributed by atoms with Crippen LogP contribution in [0.3, 0.4) is 0 Å². The molecule has 2 unspecified atom stereocenters. The molecular weight excluding hydrogens is 260 g/mol. The Morgan fingerprint density at radius 1 is 1.33 bits per heavy atom. The van der Waals surface area contributed by atoms with Crippen LogP contribution < -0.4 is 5.32 Å². The molecule has 0 radical (unpaired) electrons. The normalized spacial score (nSPS) is 25.6. The maximum atomic E-state index is 12.9. The van der Waals surface area contributed by atoms with Crippen molar-refractivity contribution in [2.75, 3.05) is 6.54 Å². The van der Waals surface area contributed by atoms with E-state index in [0.29, 0.717) is 17.9 Å². The minimum atomic E-state index is 0.0270. The minimum Gasteiger partial charge on any atom is -0.334 e. The molecule has 2 atom stereocenters. The van der Waals surface area contributed by atoms with Crippen LogP contribution in [0.1, 0.15) is 43.7 Å². The molecule has 0 spiro atoms. The minimum absolute atomic E-state index is 0.0270. The van der Waals surface area contributed by atoms with Crippen LogP contribution >= 0.6 is 0 Å². The van der Waals surface area contributed by atoms with Crippen molar-refractivity contribution in [1.82, 2.24) is 10.2 Å². The van der Waals surface area contributed by atoms with Crippen molar-refractivity contribution in [2.45, 2.75) is 58.2 Å². The molecule has 1 saturated heterocycles. The van der Waals surface area contributed by atoms with Gasteiger partial charge in [0.2, 0.25) is 5.91 Å². The second kappa shape index (κ2) is 6.18. The van der Waals surface area contributed by atoms with Gasteiger partial charge < -0.3 is 10.2 Å². The first-order chi connectivity index (χ1) is 10.1. The molecule has 0 aromatic heterocycles. The van der Waals surface area contributed by atoms with E-state index in [1.54, 1.807) is 0 Å². The summed E-state index contributed by atoms with van der Waals surface area (Å²) in [4.78, 5) is 15.0. The third-order valence-corrected chi connectivity index (χ3v) is 4.67. The number of rotatable bonds is 4. The van der Waals surface area contributed by atoms with Crippen LogP contribution in [-0.4, -0.2) is 29.4 Å². The number of carbonyl (C=O) groups excluding carboxylic acids is 1. The number of hydrogen-bond acceptors (Lipinski definition) is 2. The van der Waals surface area contributed by atoms with Gasteiger partial charge in [-0.2, -0.15) is 0 Å². The first-order valence-electron chi connectivity index (χ1n) is 8.23. The molecule has 1 saturated carbocycles. The Kier molecular flexibility index (Phi) is 4.29. The monoisotopic (exact) mass is 286 g/mol. The fourth-order valence-electron chi connectivity index (χ4n) is 3.28. The SMILES string of the molecule is Cc1cccc(CN(C(=O)C2CC(C)CCN2)C2CC2)c1. The lowest BCUT2D eigenvalue weighted by molar-refractivity contribution is -0.135. The molecule has 1 aliphatic heterocycles. The van der Waals surface area contributed by atoms with Crippen molar-refractivity contribution >= 4 is 5.91 Å². The van der Waals surface area contributed by atoms with Crippen molar-refractivity contribution < 1.29 is 4.79 Å². The summed E-state index contributed by atoms with van der Waals surface area (Å²) in [5.41, 5.74) is 2.51. The molecule has 3 rings (SSSR count). The number of aryl methyl sites for hydroxylation is 1. The van der Waals surface area contributed by atoms with Gasteiger partial charge in [0.05, 0.1) is 6.04 Å². The van der Waals surface area contributed by atoms with Crippen molar-refractivity contribution in [2.24, 2.45) is 5.92 Å². The van der Waals surface area contributed by atoms with E-state index in [1.165, 1.54) is 30.4 Å². The average Bonchev–Trinajstić information content (AvgIpc) is 3.29. The predicted octanol–water partition coefficient (Wildman–Crippen LogP) is 2.87. The number of nitrogens with zero attached hydrogens (tertiary/aromatic N) is 1. The van der Waals surface area contributed by atoms with Gasteiger partial charge in [-0.25, -0.2) is 0 Å². The summed E-state index contributed by atoms with van der Waals surface area (Å²) in [6, 6.07) is 9.01. The summed E-state index contributed by atoms with van der Waals surface area (Å²) in [6.45, 7) is 6.10. The molecule has 2 fully saturated rings. The highest BCUT2D eigenvalue weighted by atomic mass is 16.2. The summed E-state index contributed by atoms with van der Waals surface area (Å²) in [6.07, 6.45) is 4.50. The van der Waals surface area contributed by atoms with Gasteiger partial charge in [-0.3, -0.25) is 4.79 Å². The molecule has 1 amide bonds. The van der Waals surface area contributed by atoms with Crippen molar-refractivity contribution in [3.63, 3.8) is 0 Å². The van der Waals surface area contributed by atoms with E-state index in [0.717, 1.165) is 19.5 Å². The lowest BCUT2D eigenvalue weighted by atomic mass is 9.93. The zero-order valence-corrected chi connectivity index (χ0v) is 13.1. The van der Waals surface area contributed by atoms with Crippen molar-refractivity contribution in [3.8, 4) is 0 Å². The second-order valence-electron chi connectivity index (χ2n) is 6.82. The molecule has 1 N–H and O–H groups in total. The van der Waals surface area contributed by atoms with Gasteiger partial charge in [-0.1, -0.05) is 36.8 Å². The fraction of sp³-hybridized carbons (Fsp3) is 0.611. The highest BCUT2D eigenvalue weighted by Crippen LogP contribution is 2.30. The Hall–Kier alpha value is -1.35. The van der Waals surface area contributed by atoms with E-state index < -0.39 is 0 Å². The van der Waals surface area contributed by atoms with Gasteiger partial charge in [0.15, 0.2) is 0 Å². The molecule has 1 aromatic carbocycles. The number of amides is 1. The van der Waals surface area contributed by atoms with E-state index in [2.05, 4.69) is 48.3 Å². The van der Waals surface area contributed by atoms with Gasteiger partial charge in [0, 0.05) is 12.6 Å². The second-order valence-corrected chi connectivity index (χ2v) is 6.82. The molecule has 0 bridgehead atoms. The Morgan fingerprint density at radius 2 is 2.14 bits per heavy atom. The number of piperidine rings is 1. The average molecular weight is 286 g/mol. The predicted molar refractivity (Wildman–Crippen MR) is 84.9 cm³/mol. The van der Waals surface area contributed by atoms with Gasteiger partial charge in [0.1, 0.15) is 0 Å². The molecular formula is C18H26N2O. The number of benzene rings is 1. The Labute approximate surface area is 127 Å². The summed E-state index contributed by atoms with van der Waals surface area (Å²) < 4.78 is 0. The molecule has 3 nitrogen and oxygen atoms in total. The molecule has 114 valence electrons. The number of nitrogens with one attached hydrogen (secondary N) is 1. The van der Waals surface area contributed by atoms with Gasteiger partial charge in [-0.15, -0.1) is 0 Å². The lowest BCUT2D eigenvalue weighted by Gasteiger charge is -2.32. The van der Waals surface area contributed by atoms with E-state index in [-0.39, 0.29) is 6.04 Å².